The Bertz CT molecular complexity index is 558. The van der Waals surface area contributed by atoms with Crippen LogP contribution in [0.25, 0.3) is 0 Å². The fraction of sp³-hybridized carbons (Fsp3) is 0.722. The van der Waals surface area contributed by atoms with E-state index in [0.29, 0.717) is 19.0 Å². The summed E-state index contributed by atoms with van der Waals surface area (Å²) in [6.07, 6.45) is 0.370. The Morgan fingerprint density at radius 1 is 1.33 bits per heavy atom. The summed E-state index contributed by atoms with van der Waals surface area (Å²) < 4.78 is 5.30. The minimum atomic E-state index is -0.523. The number of carbonyl (C=O) groups is 2. The number of hydrogen-bond acceptors (Lipinski definition) is 4. The van der Waals surface area contributed by atoms with E-state index in [4.69, 9.17) is 4.74 Å². The lowest BCUT2D eigenvalue weighted by atomic mass is 10.2. The molecule has 156 valence electrons. The first-order valence-electron chi connectivity index (χ1n) is 8.85. The van der Waals surface area contributed by atoms with Gasteiger partial charge in [0.15, 0.2) is 5.96 Å². The molecule has 0 aromatic heterocycles. The summed E-state index contributed by atoms with van der Waals surface area (Å²) in [5, 5.41) is 6.12. The van der Waals surface area contributed by atoms with Crippen LogP contribution in [0.3, 0.4) is 0 Å². The van der Waals surface area contributed by atoms with Crippen LogP contribution in [0.1, 0.15) is 34.1 Å². The number of carbonyl (C=O) groups excluding carboxylic acids is 2. The van der Waals surface area contributed by atoms with Gasteiger partial charge in [0.05, 0.1) is 6.04 Å². The van der Waals surface area contributed by atoms with Crippen molar-refractivity contribution in [2.75, 3.05) is 40.3 Å². The SMILES string of the molecule is C=C(C)CNC(=NCC(=O)N(C)C)N1CCC(NC(=O)OC(C)(C)C)C1.I. The summed E-state index contributed by atoms with van der Waals surface area (Å²) in [6.45, 7) is 13.3. The number of hydrogen-bond donors (Lipinski definition) is 2. The van der Waals surface area contributed by atoms with Gasteiger partial charge in [0.2, 0.25) is 5.91 Å². The smallest absolute Gasteiger partial charge is 0.407 e. The van der Waals surface area contributed by atoms with Crippen LogP contribution in [-0.2, 0) is 9.53 Å². The van der Waals surface area contributed by atoms with Gasteiger partial charge in [-0.1, -0.05) is 12.2 Å². The van der Waals surface area contributed by atoms with E-state index < -0.39 is 11.7 Å². The number of likely N-dealkylation sites (tertiary alicyclic amines) is 1. The highest BCUT2D eigenvalue weighted by Crippen LogP contribution is 2.12. The lowest BCUT2D eigenvalue weighted by Crippen LogP contribution is -2.45. The van der Waals surface area contributed by atoms with Gasteiger partial charge in [-0.2, -0.15) is 0 Å². The van der Waals surface area contributed by atoms with Gasteiger partial charge in [0.25, 0.3) is 0 Å². The number of guanidine groups is 1. The Morgan fingerprint density at radius 2 is 1.96 bits per heavy atom. The molecule has 27 heavy (non-hydrogen) atoms. The van der Waals surface area contributed by atoms with Crippen LogP contribution < -0.4 is 10.6 Å². The van der Waals surface area contributed by atoms with Crippen molar-refractivity contribution in [1.29, 1.82) is 0 Å². The van der Waals surface area contributed by atoms with Crippen molar-refractivity contribution in [2.24, 2.45) is 4.99 Å². The molecule has 1 rings (SSSR count). The molecule has 0 saturated carbocycles. The Kier molecular flexibility index (Phi) is 10.7. The summed E-state index contributed by atoms with van der Waals surface area (Å²) in [5.74, 6) is 0.582. The number of rotatable bonds is 5. The van der Waals surface area contributed by atoms with E-state index in [9.17, 15) is 9.59 Å². The van der Waals surface area contributed by atoms with Crippen molar-refractivity contribution in [3.63, 3.8) is 0 Å². The zero-order chi connectivity index (χ0) is 19.9. The summed E-state index contributed by atoms with van der Waals surface area (Å²) in [4.78, 5) is 31.7. The molecule has 0 aromatic rings. The monoisotopic (exact) mass is 495 g/mol. The third kappa shape index (κ3) is 10.4. The maximum absolute atomic E-state index is 11.9. The van der Waals surface area contributed by atoms with Crippen molar-refractivity contribution >= 4 is 41.9 Å². The van der Waals surface area contributed by atoms with Crippen molar-refractivity contribution in [3.8, 4) is 0 Å². The van der Waals surface area contributed by atoms with Crippen LogP contribution in [0.2, 0.25) is 0 Å². The summed E-state index contributed by atoms with van der Waals surface area (Å²) in [5.41, 5.74) is 0.448. The van der Waals surface area contributed by atoms with Gasteiger partial charge in [-0.15, -0.1) is 24.0 Å². The molecule has 1 aliphatic rings. The fourth-order valence-corrected chi connectivity index (χ4v) is 2.33. The van der Waals surface area contributed by atoms with Crippen molar-refractivity contribution in [1.82, 2.24) is 20.4 Å². The zero-order valence-electron chi connectivity index (χ0n) is 17.3. The molecule has 1 aliphatic heterocycles. The molecule has 0 radical (unpaired) electrons. The van der Waals surface area contributed by atoms with E-state index in [-0.39, 0.29) is 42.5 Å². The van der Waals surface area contributed by atoms with Crippen LogP contribution >= 0.6 is 24.0 Å². The van der Waals surface area contributed by atoms with Crippen molar-refractivity contribution < 1.29 is 14.3 Å². The average molecular weight is 495 g/mol. The Labute approximate surface area is 179 Å². The van der Waals surface area contributed by atoms with Crippen LogP contribution in [0.15, 0.2) is 17.1 Å². The molecule has 0 spiro atoms. The Balaban J connectivity index is 0.00000676. The second-order valence-electron chi connectivity index (χ2n) is 7.82. The lowest BCUT2D eigenvalue weighted by molar-refractivity contribution is -0.127. The molecule has 1 atom stereocenters. The molecule has 0 aliphatic carbocycles. The Hall–Kier alpha value is -1.52. The second kappa shape index (κ2) is 11.4. The van der Waals surface area contributed by atoms with Gasteiger partial charge in [0.1, 0.15) is 12.1 Å². The van der Waals surface area contributed by atoms with E-state index in [0.717, 1.165) is 18.5 Å². The van der Waals surface area contributed by atoms with Crippen molar-refractivity contribution in [3.05, 3.63) is 12.2 Å². The van der Waals surface area contributed by atoms with Gasteiger partial charge >= 0.3 is 6.09 Å². The molecule has 8 nitrogen and oxygen atoms in total. The first-order chi connectivity index (χ1) is 12.0. The highest BCUT2D eigenvalue weighted by atomic mass is 127. The summed E-state index contributed by atoms with van der Waals surface area (Å²) in [6, 6.07) is -0.0220. The maximum Gasteiger partial charge on any atom is 0.407 e. The van der Waals surface area contributed by atoms with Gasteiger partial charge < -0.3 is 25.2 Å². The van der Waals surface area contributed by atoms with E-state index in [1.54, 1.807) is 14.1 Å². The maximum atomic E-state index is 11.9. The number of amides is 2. The van der Waals surface area contributed by atoms with Crippen LogP contribution in [-0.4, -0.2) is 79.7 Å². The predicted molar refractivity (Wildman–Crippen MR) is 119 cm³/mol. The highest BCUT2D eigenvalue weighted by Gasteiger charge is 2.28. The first-order valence-corrected chi connectivity index (χ1v) is 8.85. The standard InChI is InChI=1S/C18H33N5O3.HI/c1-13(2)10-19-16(20-11-15(24)22(6)7)23-9-8-14(12-23)21-17(25)26-18(3,4)5;/h14H,1,8-12H2,2-7H3,(H,19,20)(H,21,25);1H. The summed E-state index contributed by atoms with van der Waals surface area (Å²) >= 11 is 0. The van der Waals surface area contributed by atoms with E-state index in [2.05, 4.69) is 22.2 Å². The third-order valence-corrected chi connectivity index (χ3v) is 3.62. The number of alkyl carbamates (subject to hydrolysis) is 1. The molecule has 1 fully saturated rings. The number of ether oxygens (including phenoxy) is 1. The van der Waals surface area contributed by atoms with E-state index in [1.165, 1.54) is 4.90 Å². The zero-order valence-corrected chi connectivity index (χ0v) is 19.6. The average Bonchev–Trinajstić information content (AvgIpc) is 2.92. The van der Waals surface area contributed by atoms with Crippen LogP contribution in [0.5, 0.6) is 0 Å². The Morgan fingerprint density at radius 3 is 2.48 bits per heavy atom. The highest BCUT2D eigenvalue weighted by molar-refractivity contribution is 14.0. The third-order valence-electron chi connectivity index (χ3n) is 3.62. The number of nitrogens with zero attached hydrogens (tertiary/aromatic N) is 3. The molecular weight excluding hydrogens is 461 g/mol. The number of aliphatic imine (C=N–C) groups is 1. The molecule has 1 heterocycles. The molecule has 1 saturated heterocycles. The second-order valence-corrected chi connectivity index (χ2v) is 7.82. The fourth-order valence-electron chi connectivity index (χ4n) is 2.33. The molecule has 0 bridgehead atoms. The normalized spacial score (nSPS) is 17.0. The largest absolute Gasteiger partial charge is 0.444 e. The molecule has 9 heteroatoms. The quantitative estimate of drug-likeness (QED) is 0.263. The van der Waals surface area contributed by atoms with Crippen LogP contribution in [0, 0.1) is 0 Å². The van der Waals surface area contributed by atoms with E-state index >= 15 is 0 Å². The predicted octanol–water partition coefficient (Wildman–Crippen LogP) is 1.81. The van der Waals surface area contributed by atoms with Gasteiger partial charge in [-0.05, 0) is 34.1 Å². The first kappa shape index (κ1) is 25.5. The van der Waals surface area contributed by atoms with Gasteiger partial charge in [-0.25, -0.2) is 9.79 Å². The molecular formula is C18H34IN5O3. The molecule has 0 aromatic carbocycles. The molecule has 1 unspecified atom stereocenters. The lowest BCUT2D eigenvalue weighted by Gasteiger charge is -2.24. The topological polar surface area (TPSA) is 86.3 Å². The summed E-state index contributed by atoms with van der Waals surface area (Å²) in [7, 11) is 3.41. The van der Waals surface area contributed by atoms with Crippen molar-refractivity contribution in [2.45, 2.75) is 45.8 Å². The number of nitrogens with one attached hydrogen (secondary N) is 2. The number of halogens is 1. The minimum Gasteiger partial charge on any atom is -0.444 e. The number of likely N-dealkylation sites (N-methyl/N-ethyl adjacent to an activating group) is 1. The van der Waals surface area contributed by atoms with Crippen LogP contribution in [0.4, 0.5) is 4.79 Å². The minimum absolute atomic E-state index is 0. The van der Waals surface area contributed by atoms with E-state index in [1.807, 2.05) is 32.6 Å². The molecule has 2 amide bonds. The molecule has 2 N–H and O–H groups in total. The van der Waals surface area contributed by atoms with Gasteiger partial charge in [-0.3, -0.25) is 4.79 Å². The van der Waals surface area contributed by atoms with Gasteiger partial charge in [0, 0.05) is 33.7 Å².